The highest BCUT2D eigenvalue weighted by molar-refractivity contribution is 7.85. The van der Waals surface area contributed by atoms with Crippen LogP contribution in [0.4, 0.5) is 10.1 Å². The van der Waals surface area contributed by atoms with Gasteiger partial charge in [-0.25, -0.2) is 8.60 Å². The molecule has 7 heteroatoms. The molecule has 0 radical (unpaired) electrons. The molecule has 0 saturated carbocycles. The average molecular weight is 499 g/mol. The molecule has 4 aromatic carbocycles. The van der Waals surface area contributed by atoms with E-state index < -0.39 is 10.8 Å². The maximum absolute atomic E-state index is 13.7. The van der Waals surface area contributed by atoms with Crippen LogP contribution in [-0.2, 0) is 23.9 Å². The fourth-order valence-electron chi connectivity index (χ4n) is 4.28. The summed E-state index contributed by atoms with van der Waals surface area (Å²) >= 11 is 0. The number of hydrogen-bond acceptors (Lipinski definition) is 3. The van der Waals surface area contributed by atoms with Gasteiger partial charge in [-0.05, 0) is 53.6 Å². The Bertz CT molecular complexity index is 1470. The molecule has 0 N–H and O–H groups in total. The second kappa shape index (κ2) is 9.87. The molecule has 36 heavy (non-hydrogen) atoms. The Labute approximate surface area is 211 Å². The molecular formula is C29H23FN2O3S. The SMILES string of the molecule is CN(Cc1ccccc1)C(=O)c1ccc2c(c1)N(Cc1ccc(F)cc1)C(=O)c1ccccc1S2=O. The smallest absolute Gasteiger partial charge is 0.259 e. The predicted molar refractivity (Wildman–Crippen MR) is 137 cm³/mol. The number of carbonyl (C=O) groups excluding carboxylic acids is 2. The summed E-state index contributed by atoms with van der Waals surface area (Å²) < 4.78 is 27.1. The summed E-state index contributed by atoms with van der Waals surface area (Å²) in [7, 11) is 0.0971. The monoisotopic (exact) mass is 498 g/mol. The standard InChI is InChI=1S/C29H23FN2O3S/c1-31(18-20-7-3-2-4-8-20)28(33)22-13-16-27-25(17-22)32(19-21-11-14-23(30)15-12-21)29(34)24-9-5-6-10-26(24)36(27)35/h2-17H,18-19H2,1H3. The Morgan fingerprint density at radius 3 is 2.31 bits per heavy atom. The fourth-order valence-corrected chi connectivity index (χ4v) is 5.62. The van der Waals surface area contributed by atoms with Crippen molar-refractivity contribution in [3.8, 4) is 0 Å². The van der Waals surface area contributed by atoms with Crippen molar-refractivity contribution in [2.24, 2.45) is 0 Å². The quantitative estimate of drug-likeness (QED) is 0.369. The lowest BCUT2D eigenvalue weighted by atomic mass is 10.1. The van der Waals surface area contributed by atoms with Gasteiger partial charge in [0.05, 0.1) is 38.4 Å². The zero-order chi connectivity index (χ0) is 25.2. The van der Waals surface area contributed by atoms with Crippen LogP contribution in [0.25, 0.3) is 0 Å². The number of fused-ring (bicyclic) bond motifs is 2. The van der Waals surface area contributed by atoms with Crippen LogP contribution >= 0.6 is 0 Å². The van der Waals surface area contributed by atoms with Gasteiger partial charge in [0.25, 0.3) is 11.8 Å². The Balaban J connectivity index is 1.56. The maximum atomic E-state index is 13.7. The first-order chi connectivity index (χ1) is 17.4. The summed E-state index contributed by atoms with van der Waals surface area (Å²) in [5.41, 5.74) is 2.82. The van der Waals surface area contributed by atoms with Crippen molar-refractivity contribution >= 4 is 28.3 Å². The molecular weight excluding hydrogens is 475 g/mol. The van der Waals surface area contributed by atoms with Gasteiger partial charge in [0.2, 0.25) is 0 Å². The van der Waals surface area contributed by atoms with Gasteiger partial charge in [0, 0.05) is 19.2 Å². The van der Waals surface area contributed by atoms with E-state index in [0.29, 0.717) is 38.7 Å². The number of rotatable bonds is 5. The van der Waals surface area contributed by atoms with Crippen molar-refractivity contribution in [2.75, 3.05) is 11.9 Å². The molecule has 1 unspecified atom stereocenters. The number of carbonyl (C=O) groups is 2. The van der Waals surface area contributed by atoms with E-state index in [1.807, 2.05) is 30.3 Å². The Hall–Kier alpha value is -4.10. The maximum Gasteiger partial charge on any atom is 0.259 e. The molecule has 1 heterocycles. The van der Waals surface area contributed by atoms with Gasteiger partial charge >= 0.3 is 0 Å². The lowest BCUT2D eigenvalue weighted by Gasteiger charge is -2.24. The van der Waals surface area contributed by atoms with Gasteiger partial charge in [-0.1, -0.05) is 54.6 Å². The molecule has 0 fully saturated rings. The highest BCUT2D eigenvalue weighted by Crippen LogP contribution is 2.36. The van der Waals surface area contributed by atoms with Gasteiger partial charge in [0.15, 0.2) is 0 Å². The van der Waals surface area contributed by atoms with Crippen LogP contribution < -0.4 is 4.90 Å². The van der Waals surface area contributed by atoms with Crippen molar-refractivity contribution in [3.63, 3.8) is 0 Å². The van der Waals surface area contributed by atoms with Crippen molar-refractivity contribution in [1.82, 2.24) is 4.90 Å². The Morgan fingerprint density at radius 1 is 0.861 bits per heavy atom. The Morgan fingerprint density at radius 2 is 1.56 bits per heavy atom. The largest absolute Gasteiger partial charge is 0.337 e. The van der Waals surface area contributed by atoms with E-state index in [2.05, 4.69) is 0 Å². The molecule has 0 saturated heterocycles. The highest BCUT2D eigenvalue weighted by Gasteiger charge is 2.31. The van der Waals surface area contributed by atoms with Gasteiger partial charge in [-0.15, -0.1) is 0 Å². The number of amides is 2. The molecule has 0 spiro atoms. The predicted octanol–water partition coefficient (Wildman–Crippen LogP) is 5.43. The first kappa shape index (κ1) is 23.6. The molecule has 180 valence electrons. The number of benzene rings is 4. The minimum atomic E-state index is -1.62. The number of halogens is 1. The molecule has 5 nitrogen and oxygen atoms in total. The van der Waals surface area contributed by atoms with Crippen LogP contribution in [0.3, 0.4) is 0 Å². The van der Waals surface area contributed by atoms with Crippen LogP contribution in [-0.4, -0.2) is 28.0 Å². The molecule has 0 aliphatic carbocycles. The number of hydrogen-bond donors (Lipinski definition) is 0. The van der Waals surface area contributed by atoms with E-state index in [-0.39, 0.29) is 24.2 Å². The first-order valence-electron chi connectivity index (χ1n) is 11.4. The van der Waals surface area contributed by atoms with Crippen LogP contribution in [0, 0.1) is 5.82 Å². The summed E-state index contributed by atoms with van der Waals surface area (Å²) in [4.78, 5) is 31.0. The van der Waals surface area contributed by atoms with Crippen molar-refractivity contribution < 1.29 is 18.2 Å². The minimum absolute atomic E-state index is 0.134. The van der Waals surface area contributed by atoms with E-state index in [1.54, 1.807) is 66.5 Å². The molecule has 5 rings (SSSR count). The number of anilines is 1. The lowest BCUT2D eigenvalue weighted by Crippen LogP contribution is -2.31. The average Bonchev–Trinajstić information content (AvgIpc) is 2.99. The van der Waals surface area contributed by atoms with Crippen LogP contribution in [0.15, 0.2) is 107 Å². The van der Waals surface area contributed by atoms with Crippen molar-refractivity contribution in [3.05, 3.63) is 125 Å². The van der Waals surface area contributed by atoms with Crippen LogP contribution in [0.5, 0.6) is 0 Å². The third-order valence-corrected chi connectivity index (χ3v) is 7.62. The molecule has 1 aliphatic rings. The van der Waals surface area contributed by atoms with Gasteiger partial charge in [-0.2, -0.15) is 0 Å². The van der Waals surface area contributed by atoms with E-state index in [1.165, 1.54) is 17.0 Å². The summed E-state index contributed by atoms with van der Waals surface area (Å²) in [6.07, 6.45) is 0. The molecule has 2 amide bonds. The highest BCUT2D eigenvalue weighted by atomic mass is 32.2. The van der Waals surface area contributed by atoms with Crippen LogP contribution in [0.2, 0.25) is 0 Å². The summed E-state index contributed by atoms with van der Waals surface area (Å²) in [6.45, 7) is 0.557. The summed E-state index contributed by atoms with van der Waals surface area (Å²) in [5, 5.41) is 0. The molecule has 0 aromatic heterocycles. The summed E-state index contributed by atoms with van der Waals surface area (Å²) in [5.74, 6) is -0.922. The Kier molecular flexibility index (Phi) is 6.48. The first-order valence-corrected chi connectivity index (χ1v) is 12.6. The van der Waals surface area contributed by atoms with E-state index >= 15 is 0 Å². The zero-order valence-corrected chi connectivity index (χ0v) is 20.4. The number of nitrogens with zero attached hydrogens (tertiary/aromatic N) is 2. The normalized spacial score (nSPS) is 14.6. The second-order valence-corrected chi connectivity index (χ2v) is 10.0. The van der Waals surface area contributed by atoms with Crippen LogP contribution in [0.1, 0.15) is 31.8 Å². The van der Waals surface area contributed by atoms with E-state index in [4.69, 9.17) is 0 Å². The van der Waals surface area contributed by atoms with Gasteiger partial charge < -0.3 is 9.80 Å². The summed E-state index contributed by atoms with van der Waals surface area (Å²) in [6, 6.07) is 27.3. The molecule has 1 atom stereocenters. The fraction of sp³-hybridized carbons (Fsp3) is 0.103. The molecule has 0 bridgehead atoms. The third kappa shape index (κ3) is 4.57. The molecule has 1 aliphatic heterocycles. The van der Waals surface area contributed by atoms with E-state index in [9.17, 15) is 18.2 Å². The van der Waals surface area contributed by atoms with Crippen molar-refractivity contribution in [2.45, 2.75) is 22.9 Å². The van der Waals surface area contributed by atoms with Gasteiger partial charge in [-0.3, -0.25) is 9.59 Å². The van der Waals surface area contributed by atoms with Gasteiger partial charge in [0.1, 0.15) is 5.82 Å². The zero-order valence-electron chi connectivity index (χ0n) is 19.6. The lowest BCUT2D eigenvalue weighted by molar-refractivity contribution is 0.0784. The topological polar surface area (TPSA) is 57.7 Å². The molecule has 4 aromatic rings. The van der Waals surface area contributed by atoms with E-state index in [0.717, 1.165) is 5.56 Å². The minimum Gasteiger partial charge on any atom is -0.337 e. The second-order valence-electron chi connectivity index (χ2n) is 8.61. The van der Waals surface area contributed by atoms with Crippen molar-refractivity contribution in [1.29, 1.82) is 0 Å². The third-order valence-electron chi connectivity index (χ3n) is 6.12.